The van der Waals surface area contributed by atoms with Gasteiger partial charge in [-0.3, -0.25) is 13.9 Å². The lowest BCUT2D eigenvalue weighted by Crippen LogP contribution is -2.44. The van der Waals surface area contributed by atoms with E-state index in [2.05, 4.69) is 17.0 Å². The van der Waals surface area contributed by atoms with E-state index in [1.54, 1.807) is 11.6 Å². The van der Waals surface area contributed by atoms with Crippen molar-refractivity contribution in [2.24, 2.45) is 12.8 Å². The first kappa shape index (κ1) is 19.4. The van der Waals surface area contributed by atoms with Gasteiger partial charge in [0.1, 0.15) is 0 Å². The largest absolute Gasteiger partial charge is 0.345 e. The molecule has 1 fully saturated rings. The Labute approximate surface area is 170 Å². The highest BCUT2D eigenvalue weighted by Crippen LogP contribution is 2.25. The predicted molar refractivity (Wildman–Crippen MR) is 117 cm³/mol. The number of aromatic nitrogens is 4. The molecule has 0 radical (unpaired) electrons. The average Bonchev–Trinajstić information content (AvgIpc) is 3.09. The molecule has 0 amide bonds. The van der Waals surface area contributed by atoms with Crippen LogP contribution < -0.4 is 21.1 Å². The summed E-state index contributed by atoms with van der Waals surface area (Å²) in [7, 11) is 3.70. The lowest BCUT2D eigenvalue weighted by molar-refractivity contribution is 0.495. The minimum atomic E-state index is -0.0821. The fourth-order valence-electron chi connectivity index (χ4n) is 3.97. The van der Waals surface area contributed by atoms with Gasteiger partial charge < -0.3 is 15.5 Å². The number of nitrogens with two attached hydrogens (primary N) is 1. The molecule has 0 saturated carbocycles. The van der Waals surface area contributed by atoms with Crippen LogP contribution in [0, 0.1) is 0 Å². The quantitative estimate of drug-likeness (QED) is 0.706. The molecule has 0 aliphatic carbocycles. The van der Waals surface area contributed by atoms with Crippen molar-refractivity contribution in [1.82, 2.24) is 19.1 Å². The second-order valence-corrected chi connectivity index (χ2v) is 7.79. The SMILES string of the molecule is CCN(C)c1nc2nc(N3CCCC(N)C3)n(Cc3ccccc3)c2c(=O)n1C. The van der Waals surface area contributed by atoms with E-state index in [0.29, 0.717) is 23.7 Å². The third kappa shape index (κ3) is 3.60. The van der Waals surface area contributed by atoms with E-state index in [9.17, 15) is 4.79 Å². The molecule has 0 spiro atoms. The number of piperidine rings is 1. The predicted octanol–water partition coefficient (Wildman–Crippen LogP) is 1.56. The van der Waals surface area contributed by atoms with Crippen molar-refractivity contribution in [2.45, 2.75) is 32.4 Å². The Morgan fingerprint density at radius 1 is 1.24 bits per heavy atom. The first-order chi connectivity index (χ1) is 14.0. The molecule has 8 nitrogen and oxygen atoms in total. The van der Waals surface area contributed by atoms with Gasteiger partial charge in [0.15, 0.2) is 11.2 Å². The molecule has 1 aromatic carbocycles. The molecule has 1 atom stereocenters. The van der Waals surface area contributed by atoms with Gasteiger partial charge in [0.2, 0.25) is 11.9 Å². The molecule has 0 bridgehead atoms. The van der Waals surface area contributed by atoms with Crippen molar-refractivity contribution in [3.05, 3.63) is 46.2 Å². The number of nitrogens with zero attached hydrogens (tertiary/aromatic N) is 6. The maximum absolute atomic E-state index is 13.3. The van der Waals surface area contributed by atoms with Crippen LogP contribution in [0.5, 0.6) is 0 Å². The standard InChI is InChI=1S/C21H29N7O/c1-4-25(2)20-23-18-17(19(29)26(20)3)28(13-15-9-6-5-7-10-15)21(24-18)27-12-8-11-16(22)14-27/h5-7,9-10,16H,4,8,11-14,22H2,1-3H3. The molecule has 154 valence electrons. The van der Waals surface area contributed by atoms with Gasteiger partial charge in [-0.1, -0.05) is 30.3 Å². The fraction of sp³-hybridized carbons (Fsp3) is 0.476. The number of anilines is 2. The highest BCUT2D eigenvalue weighted by molar-refractivity contribution is 5.76. The van der Waals surface area contributed by atoms with E-state index < -0.39 is 0 Å². The van der Waals surface area contributed by atoms with Crippen LogP contribution in [-0.2, 0) is 13.6 Å². The Balaban J connectivity index is 1.91. The molecule has 2 N–H and O–H groups in total. The molecular weight excluding hydrogens is 366 g/mol. The number of fused-ring (bicyclic) bond motifs is 1. The summed E-state index contributed by atoms with van der Waals surface area (Å²) in [6.07, 6.45) is 2.03. The first-order valence-electron chi connectivity index (χ1n) is 10.2. The molecule has 3 aromatic rings. The number of hydrogen-bond acceptors (Lipinski definition) is 6. The Hall–Kier alpha value is -2.87. The topological polar surface area (TPSA) is 85.2 Å². The zero-order valence-corrected chi connectivity index (χ0v) is 17.4. The summed E-state index contributed by atoms with van der Waals surface area (Å²) in [6, 6.07) is 10.3. The minimum Gasteiger partial charge on any atom is -0.345 e. The van der Waals surface area contributed by atoms with Crippen LogP contribution in [0.4, 0.5) is 11.9 Å². The second-order valence-electron chi connectivity index (χ2n) is 7.79. The molecule has 1 unspecified atom stereocenters. The summed E-state index contributed by atoms with van der Waals surface area (Å²) in [6.45, 7) is 4.97. The summed E-state index contributed by atoms with van der Waals surface area (Å²) >= 11 is 0. The van der Waals surface area contributed by atoms with Gasteiger partial charge >= 0.3 is 0 Å². The monoisotopic (exact) mass is 395 g/mol. The van der Waals surface area contributed by atoms with Crippen LogP contribution in [-0.4, -0.2) is 51.8 Å². The Bertz CT molecular complexity index is 1060. The van der Waals surface area contributed by atoms with Crippen LogP contribution in [0.1, 0.15) is 25.3 Å². The summed E-state index contributed by atoms with van der Waals surface area (Å²) in [4.78, 5) is 27.1. The van der Waals surface area contributed by atoms with Gasteiger partial charge in [0.25, 0.3) is 5.56 Å². The zero-order valence-electron chi connectivity index (χ0n) is 17.4. The van der Waals surface area contributed by atoms with Crippen molar-refractivity contribution < 1.29 is 0 Å². The van der Waals surface area contributed by atoms with Gasteiger partial charge in [0, 0.05) is 39.8 Å². The van der Waals surface area contributed by atoms with Crippen molar-refractivity contribution in [2.75, 3.05) is 36.5 Å². The molecule has 4 rings (SSSR count). The number of imidazole rings is 1. The lowest BCUT2D eigenvalue weighted by atomic mass is 10.1. The maximum Gasteiger partial charge on any atom is 0.281 e. The van der Waals surface area contributed by atoms with Gasteiger partial charge in [-0.2, -0.15) is 9.97 Å². The molecule has 3 heterocycles. The van der Waals surface area contributed by atoms with E-state index >= 15 is 0 Å². The molecule has 8 heteroatoms. The summed E-state index contributed by atoms with van der Waals surface area (Å²) in [5.74, 6) is 1.40. The van der Waals surface area contributed by atoms with Crippen molar-refractivity contribution >= 4 is 23.1 Å². The number of hydrogen-bond donors (Lipinski definition) is 1. The third-order valence-electron chi connectivity index (χ3n) is 5.68. The molecule has 1 aliphatic heterocycles. The van der Waals surface area contributed by atoms with E-state index in [-0.39, 0.29) is 11.6 Å². The van der Waals surface area contributed by atoms with E-state index in [4.69, 9.17) is 15.7 Å². The molecule has 29 heavy (non-hydrogen) atoms. The van der Waals surface area contributed by atoms with E-state index in [0.717, 1.165) is 44.0 Å². The molecular formula is C21H29N7O. The molecule has 1 aliphatic rings. The Morgan fingerprint density at radius 3 is 2.69 bits per heavy atom. The first-order valence-corrected chi connectivity index (χ1v) is 10.2. The number of rotatable bonds is 5. The van der Waals surface area contributed by atoms with Gasteiger partial charge in [-0.25, -0.2) is 0 Å². The third-order valence-corrected chi connectivity index (χ3v) is 5.68. The smallest absolute Gasteiger partial charge is 0.281 e. The van der Waals surface area contributed by atoms with Crippen molar-refractivity contribution in [3.63, 3.8) is 0 Å². The van der Waals surface area contributed by atoms with Crippen molar-refractivity contribution in [1.29, 1.82) is 0 Å². The maximum atomic E-state index is 13.3. The van der Waals surface area contributed by atoms with Crippen LogP contribution in [0.3, 0.4) is 0 Å². The van der Waals surface area contributed by atoms with Gasteiger partial charge in [-0.05, 0) is 25.3 Å². The summed E-state index contributed by atoms with van der Waals surface area (Å²) < 4.78 is 3.62. The minimum absolute atomic E-state index is 0.0821. The fourth-order valence-corrected chi connectivity index (χ4v) is 3.97. The van der Waals surface area contributed by atoms with Crippen LogP contribution in [0.15, 0.2) is 35.1 Å². The van der Waals surface area contributed by atoms with Crippen LogP contribution >= 0.6 is 0 Å². The Kier molecular flexibility index (Phi) is 5.27. The normalized spacial score (nSPS) is 17.1. The van der Waals surface area contributed by atoms with Gasteiger partial charge in [0.05, 0.1) is 6.54 Å². The van der Waals surface area contributed by atoms with E-state index in [1.165, 1.54) is 0 Å². The Morgan fingerprint density at radius 2 is 2.00 bits per heavy atom. The van der Waals surface area contributed by atoms with E-state index in [1.807, 2.05) is 41.6 Å². The zero-order chi connectivity index (χ0) is 20.5. The second kappa shape index (κ2) is 7.87. The molecule has 1 saturated heterocycles. The highest BCUT2D eigenvalue weighted by atomic mass is 16.1. The lowest BCUT2D eigenvalue weighted by Gasteiger charge is -2.31. The highest BCUT2D eigenvalue weighted by Gasteiger charge is 2.26. The average molecular weight is 396 g/mol. The van der Waals surface area contributed by atoms with Crippen LogP contribution in [0.25, 0.3) is 11.2 Å². The van der Waals surface area contributed by atoms with Crippen LogP contribution in [0.2, 0.25) is 0 Å². The summed E-state index contributed by atoms with van der Waals surface area (Å²) in [5, 5.41) is 0. The van der Waals surface area contributed by atoms with Gasteiger partial charge in [-0.15, -0.1) is 0 Å². The summed E-state index contributed by atoms with van der Waals surface area (Å²) in [5.41, 5.74) is 8.30. The molecule has 2 aromatic heterocycles. The van der Waals surface area contributed by atoms with Crippen molar-refractivity contribution in [3.8, 4) is 0 Å². The number of benzene rings is 1.